The van der Waals surface area contributed by atoms with Crippen LogP contribution in [0.2, 0.25) is 0 Å². The van der Waals surface area contributed by atoms with Crippen molar-refractivity contribution >= 4 is 27.6 Å². The van der Waals surface area contributed by atoms with E-state index in [1.807, 2.05) is 24.3 Å². The molecule has 2 aromatic rings. The van der Waals surface area contributed by atoms with E-state index < -0.39 is 5.97 Å². The minimum atomic E-state index is -0.929. The molecule has 0 radical (unpaired) electrons. The molecule has 0 saturated heterocycles. The Balaban J connectivity index is 2.09. The molecule has 3 nitrogen and oxygen atoms in total. The lowest BCUT2D eigenvalue weighted by Crippen LogP contribution is -2.12. The van der Waals surface area contributed by atoms with Gasteiger partial charge in [0.2, 0.25) is 0 Å². The molecule has 1 atom stereocenters. The average molecular weight is 334 g/mol. The number of hydrogen-bond donors (Lipinski definition) is 2. The maximum absolute atomic E-state index is 11.2. The zero-order valence-corrected chi connectivity index (χ0v) is 12.7. The Labute approximate surface area is 126 Å². The van der Waals surface area contributed by atoms with Crippen LogP contribution >= 0.6 is 15.9 Å². The summed E-state index contributed by atoms with van der Waals surface area (Å²) in [5.41, 5.74) is 2.15. The van der Waals surface area contributed by atoms with E-state index in [-0.39, 0.29) is 5.56 Å². The van der Waals surface area contributed by atoms with Gasteiger partial charge in [0.15, 0.2) is 0 Å². The lowest BCUT2D eigenvalue weighted by molar-refractivity contribution is 0.0698. The van der Waals surface area contributed by atoms with Gasteiger partial charge in [-0.25, -0.2) is 4.79 Å². The van der Waals surface area contributed by atoms with Crippen LogP contribution in [0.1, 0.15) is 28.8 Å². The molecule has 0 fully saturated rings. The number of aromatic carboxylic acids is 1. The minimum Gasteiger partial charge on any atom is -0.478 e. The highest BCUT2D eigenvalue weighted by atomic mass is 79.9. The Morgan fingerprint density at radius 1 is 1.25 bits per heavy atom. The van der Waals surface area contributed by atoms with E-state index in [1.165, 1.54) is 5.56 Å². The quantitative estimate of drug-likeness (QED) is 0.854. The fourth-order valence-electron chi connectivity index (χ4n) is 2.01. The van der Waals surface area contributed by atoms with Crippen LogP contribution in [0.3, 0.4) is 0 Å². The number of anilines is 1. The first kappa shape index (κ1) is 14.6. The van der Waals surface area contributed by atoms with Crippen LogP contribution in [-0.4, -0.2) is 17.6 Å². The first-order chi connectivity index (χ1) is 9.58. The van der Waals surface area contributed by atoms with Gasteiger partial charge in [-0.05, 0) is 29.7 Å². The first-order valence-electron chi connectivity index (χ1n) is 6.39. The molecular formula is C16H16BrNO2. The lowest BCUT2D eigenvalue weighted by atomic mass is 10.0. The van der Waals surface area contributed by atoms with E-state index in [9.17, 15) is 9.90 Å². The Hall–Kier alpha value is -1.81. The van der Waals surface area contributed by atoms with E-state index >= 15 is 0 Å². The van der Waals surface area contributed by atoms with Crippen molar-refractivity contribution < 1.29 is 9.90 Å². The van der Waals surface area contributed by atoms with Gasteiger partial charge in [-0.3, -0.25) is 0 Å². The molecule has 0 heterocycles. The molecule has 0 bridgehead atoms. The Bertz CT molecular complexity index is 599. The van der Waals surface area contributed by atoms with Crippen molar-refractivity contribution in [3.63, 3.8) is 0 Å². The summed E-state index contributed by atoms with van der Waals surface area (Å²) in [6.07, 6.45) is 0. The van der Waals surface area contributed by atoms with Gasteiger partial charge in [0, 0.05) is 16.7 Å². The number of carboxylic acids is 1. The van der Waals surface area contributed by atoms with Gasteiger partial charge >= 0.3 is 5.97 Å². The molecule has 0 saturated carbocycles. The summed E-state index contributed by atoms with van der Waals surface area (Å²) in [6.45, 7) is 2.80. The largest absolute Gasteiger partial charge is 0.478 e. The van der Waals surface area contributed by atoms with E-state index in [0.717, 1.165) is 4.47 Å². The van der Waals surface area contributed by atoms with Crippen molar-refractivity contribution in [3.8, 4) is 0 Å². The molecule has 2 rings (SSSR count). The van der Waals surface area contributed by atoms with Crippen LogP contribution in [0.25, 0.3) is 0 Å². The number of benzene rings is 2. The lowest BCUT2D eigenvalue weighted by Gasteiger charge is -2.15. The Morgan fingerprint density at radius 3 is 2.60 bits per heavy atom. The molecule has 0 amide bonds. The fourth-order valence-corrected chi connectivity index (χ4v) is 2.37. The summed E-state index contributed by atoms with van der Waals surface area (Å²) >= 11 is 3.29. The number of hydrogen-bond acceptors (Lipinski definition) is 2. The van der Waals surface area contributed by atoms with Crippen LogP contribution in [-0.2, 0) is 0 Å². The summed E-state index contributed by atoms with van der Waals surface area (Å²) in [6, 6.07) is 15.4. The highest BCUT2D eigenvalue weighted by Gasteiger charge is 2.12. The third-order valence-corrected chi connectivity index (χ3v) is 3.67. The number of nitrogens with one attached hydrogen (secondary N) is 1. The molecule has 1 unspecified atom stereocenters. The SMILES string of the molecule is CC(CNc1ccc(Br)cc1C(=O)O)c1ccccc1. The van der Waals surface area contributed by atoms with Crippen molar-refractivity contribution in [2.24, 2.45) is 0 Å². The molecule has 0 aliphatic rings. The molecule has 104 valence electrons. The Morgan fingerprint density at radius 2 is 1.95 bits per heavy atom. The number of carboxylic acid groups (broad SMARTS) is 1. The third kappa shape index (κ3) is 3.61. The molecule has 0 aromatic heterocycles. The number of rotatable bonds is 5. The van der Waals surface area contributed by atoms with E-state index in [4.69, 9.17) is 0 Å². The Kier molecular flexibility index (Phi) is 4.79. The first-order valence-corrected chi connectivity index (χ1v) is 7.19. The fraction of sp³-hybridized carbons (Fsp3) is 0.188. The summed E-state index contributed by atoms with van der Waals surface area (Å²) in [4.78, 5) is 11.2. The second-order valence-electron chi connectivity index (χ2n) is 4.69. The predicted octanol–water partition coefficient (Wildman–Crippen LogP) is 4.36. The predicted molar refractivity (Wildman–Crippen MR) is 84.4 cm³/mol. The van der Waals surface area contributed by atoms with Crippen LogP contribution in [0.4, 0.5) is 5.69 Å². The molecule has 0 aliphatic heterocycles. The van der Waals surface area contributed by atoms with Gasteiger partial charge in [0.25, 0.3) is 0 Å². The summed E-state index contributed by atoms with van der Waals surface area (Å²) in [7, 11) is 0. The van der Waals surface area contributed by atoms with Gasteiger partial charge in [0.05, 0.1) is 5.56 Å². The zero-order valence-electron chi connectivity index (χ0n) is 11.1. The second kappa shape index (κ2) is 6.57. The van der Waals surface area contributed by atoms with Crippen molar-refractivity contribution in [3.05, 3.63) is 64.1 Å². The normalized spacial score (nSPS) is 11.9. The van der Waals surface area contributed by atoms with Gasteiger partial charge in [-0.1, -0.05) is 53.2 Å². The second-order valence-corrected chi connectivity index (χ2v) is 5.60. The van der Waals surface area contributed by atoms with Gasteiger partial charge in [-0.15, -0.1) is 0 Å². The van der Waals surface area contributed by atoms with E-state index in [1.54, 1.807) is 12.1 Å². The molecule has 4 heteroatoms. The highest BCUT2D eigenvalue weighted by Crippen LogP contribution is 2.23. The van der Waals surface area contributed by atoms with Crippen LogP contribution in [0.5, 0.6) is 0 Å². The van der Waals surface area contributed by atoms with Gasteiger partial charge in [-0.2, -0.15) is 0 Å². The van der Waals surface area contributed by atoms with E-state index in [2.05, 4.69) is 40.3 Å². The van der Waals surface area contributed by atoms with Crippen molar-refractivity contribution in [1.82, 2.24) is 0 Å². The van der Waals surface area contributed by atoms with Crippen LogP contribution in [0, 0.1) is 0 Å². The summed E-state index contributed by atoms with van der Waals surface area (Å²) in [5, 5.41) is 12.4. The minimum absolute atomic E-state index is 0.277. The number of carbonyl (C=O) groups is 1. The third-order valence-electron chi connectivity index (χ3n) is 3.18. The smallest absolute Gasteiger partial charge is 0.337 e. The van der Waals surface area contributed by atoms with Crippen molar-refractivity contribution in [2.45, 2.75) is 12.8 Å². The van der Waals surface area contributed by atoms with Crippen LogP contribution in [0.15, 0.2) is 53.0 Å². The van der Waals surface area contributed by atoms with Crippen LogP contribution < -0.4 is 5.32 Å². The molecule has 20 heavy (non-hydrogen) atoms. The summed E-state index contributed by atoms with van der Waals surface area (Å²) < 4.78 is 0.761. The molecular weight excluding hydrogens is 318 g/mol. The number of halogens is 1. The standard InChI is InChI=1S/C16H16BrNO2/c1-11(12-5-3-2-4-6-12)10-18-15-8-7-13(17)9-14(15)16(19)20/h2-9,11,18H,10H2,1H3,(H,19,20). The molecule has 0 aliphatic carbocycles. The molecule has 0 spiro atoms. The van der Waals surface area contributed by atoms with E-state index in [0.29, 0.717) is 18.2 Å². The monoisotopic (exact) mass is 333 g/mol. The summed E-state index contributed by atoms with van der Waals surface area (Å²) in [5.74, 6) is -0.623. The molecule has 2 aromatic carbocycles. The zero-order chi connectivity index (χ0) is 14.5. The molecule has 2 N–H and O–H groups in total. The van der Waals surface area contributed by atoms with Gasteiger partial charge in [0.1, 0.15) is 0 Å². The highest BCUT2D eigenvalue weighted by molar-refractivity contribution is 9.10. The van der Waals surface area contributed by atoms with Crippen molar-refractivity contribution in [1.29, 1.82) is 0 Å². The maximum Gasteiger partial charge on any atom is 0.337 e. The van der Waals surface area contributed by atoms with Gasteiger partial charge < -0.3 is 10.4 Å². The maximum atomic E-state index is 11.2. The average Bonchev–Trinajstić information content (AvgIpc) is 2.46. The topological polar surface area (TPSA) is 49.3 Å². The van der Waals surface area contributed by atoms with Crippen molar-refractivity contribution in [2.75, 3.05) is 11.9 Å².